The number of halogens is 2. The minimum atomic E-state index is -2.09. The third-order valence-electron chi connectivity index (χ3n) is 4.90. The Hall–Kier alpha value is -3.67. The first kappa shape index (κ1) is 22.0. The zero-order valence-electron chi connectivity index (χ0n) is 16.4. The van der Waals surface area contributed by atoms with E-state index in [1.54, 1.807) is 0 Å². The third-order valence-corrected chi connectivity index (χ3v) is 4.90. The van der Waals surface area contributed by atoms with Crippen LogP contribution < -0.4 is 5.32 Å². The standard InChI is InChI=1S/C19H20F2N6O4/c1-11(18-14(21)6-22-8-25-18)19(31,7-27-10-23-9-26-27)12-4-16(28)15(5-13(12)20)24-3-2-17(29)30/h4-6,8-11,24,28,31H,2-3,7H2,1H3,(H,29,30)/t11-,19+/m0/s1. The number of aliphatic hydroxyl groups is 1. The molecule has 0 saturated carbocycles. The summed E-state index contributed by atoms with van der Waals surface area (Å²) >= 11 is 0. The molecule has 0 saturated heterocycles. The van der Waals surface area contributed by atoms with Crippen molar-refractivity contribution in [3.8, 4) is 5.75 Å². The van der Waals surface area contributed by atoms with Crippen LogP contribution in [-0.4, -0.2) is 52.6 Å². The summed E-state index contributed by atoms with van der Waals surface area (Å²) in [6.07, 6.45) is 4.31. The number of anilines is 1. The van der Waals surface area contributed by atoms with Gasteiger partial charge in [-0.1, -0.05) is 6.92 Å². The lowest BCUT2D eigenvalue weighted by atomic mass is 9.79. The van der Waals surface area contributed by atoms with E-state index in [0.29, 0.717) is 0 Å². The molecule has 0 aliphatic carbocycles. The molecule has 164 valence electrons. The van der Waals surface area contributed by atoms with Crippen molar-refractivity contribution in [2.24, 2.45) is 0 Å². The van der Waals surface area contributed by atoms with Crippen LogP contribution in [0.1, 0.15) is 30.5 Å². The van der Waals surface area contributed by atoms with E-state index >= 15 is 4.39 Å². The van der Waals surface area contributed by atoms with Crippen LogP contribution in [0.2, 0.25) is 0 Å². The number of aromatic nitrogens is 5. The molecule has 0 bridgehead atoms. The fourth-order valence-electron chi connectivity index (χ4n) is 3.22. The maximum atomic E-state index is 15.1. The topological polar surface area (TPSA) is 146 Å². The number of benzene rings is 1. The van der Waals surface area contributed by atoms with Crippen LogP contribution in [0.15, 0.2) is 37.3 Å². The Labute approximate surface area is 175 Å². The summed E-state index contributed by atoms with van der Waals surface area (Å²) in [4.78, 5) is 21.9. The van der Waals surface area contributed by atoms with Crippen LogP contribution in [0.4, 0.5) is 14.5 Å². The van der Waals surface area contributed by atoms with E-state index < -0.39 is 34.9 Å². The normalized spacial score (nSPS) is 14.1. The number of carboxylic acids is 1. The van der Waals surface area contributed by atoms with Crippen molar-refractivity contribution in [1.82, 2.24) is 24.7 Å². The highest BCUT2D eigenvalue weighted by Crippen LogP contribution is 2.42. The van der Waals surface area contributed by atoms with Gasteiger partial charge in [0.05, 0.1) is 30.5 Å². The molecular weight excluding hydrogens is 414 g/mol. The molecule has 2 heterocycles. The fraction of sp³-hybridized carbons (Fsp3) is 0.316. The van der Waals surface area contributed by atoms with Crippen LogP contribution in [0.25, 0.3) is 0 Å². The second-order valence-electron chi connectivity index (χ2n) is 6.91. The number of nitrogens with zero attached hydrogens (tertiary/aromatic N) is 5. The van der Waals surface area contributed by atoms with E-state index in [2.05, 4.69) is 25.4 Å². The van der Waals surface area contributed by atoms with Gasteiger partial charge in [0.15, 0.2) is 5.82 Å². The van der Waals surface area contributed by atoms with Crippen LogP contribution in [0, 0.1) is 11.6 Å². The van der Waals surface area contributed by atoms with Crippen molar-refractivity contribution in [2.45, 2.75) is 31.4 Å². The smallest absolute Gasteiger partial charge is 0.305 e. The van der Waals surface area contributed by atoms with Crippen LogP contribution in [0.3, 0.4) is 0 Å². The SMILES string of the molecule is C[C@@H](c1ncncc1F)[C@](O)(Cn1cncn1)c1cc(O)c(NCCC(=O)O)cc1F. The summed E-state index contributed by atoms with van der Waals surface area (Å²) < 4.78 is 30.7. The van der Waals surface area contributed by atoms with E-state index in [9.17, 15) is 19.4 Å². The molecule has 2 aromatic heterocycles. The van der Waals surface area contributed by atoms with Crippen LogP contribution >= 0.6 is 0 Å². The first-order chi connectivity index (χ1) is 14.7. The molecule has 2 atom stereocenters. The minimum Gasteiger partial charge on any atom is -0.506 e. The van der Waals surface area contributed by atoms with Crippen LogP contribution in [0.5, 0.6) is 5.75 Å². The second kappa shape index (κ2) is 9.00. The lowest BCUT2D eigenvalue weighted by molar-refractivity contribution is -0.136. The van der Waals surface area contributed by atoms with Gasteiger partial charge in [0, 0.05) is 24.1 Å². The Morgan fingerprint density at radius 2 is 2.03 bits per heavy atom. The maximum absolute atomic E-state index is 15.1. The van der Waals surface area contributed by atoms with Gasteiger partial charge in [-0.15, -0.1) is 0 Å². The van der Waals surface area contributed by atoms with E-state index in [1.165, 1.54) is 24.3 Å². The number of hydrogen-bond donors (Lipinski definition) is 4. The van der Waals surface area contributed by atoms with Gasteiger partial charge in [-0.25, -0.2) is 28.4 Å². The molecule has 0 aliphatic rings. The molecule has 31 heavy (non-hydrogen) atoms. The lowest BCUT2D eigenvalue weighted by Crippen LogP contribution is -2.39. The molecule has 3 aromatic rings. The highest BCUT2D eigenvalue weighted by Gasteiger charge is 2.42. The molecule has 3 rings (SSSR count). The molecule has 0 amide bonds. The van der Waals surface area contributed by atoms with Crippen molar-refractivity contribution < 1.29 is 28.9 Å². The Morgan fingerprint density at radius 3 is 2.68 bits per heavy atom. The fourth-order valence-corrected chi connectivity index (χ4v) is 3.22. The average molecular weight is 434 g/mol. The monoisotopic (exact) mass is 434 g/mol. The number of phenols is 1. The van der Waals surface area contributed by atoms with Crippen molar-refractivity contribution >= 4 is 11.7 Å². The number of carbonyl (C=O) groups is 1. The van der Waals surface area contributed by atoms with E-state index in [4.69, 9.17) is 5.11 Å². The second-order valence-corrected chi connectivity index (χ2v) is 6.91. The Bertz CT molecular complexity index is 1070. The third kappa shape index (κ3) is 4.74. The number of hydrogen-bond acceptors (Lipinski definition) is 8. The van der Waals surface area contributed by atoms with E-state index in [1.807, 2.05) is 0 Å². The largest absolute Gasteiger partial charge is 0.506 e. The molecule has 1 aromatic carbocycles. The van der Waals surface area contributed by atoms with Crippen molar-refractivity contribution in [3.05, 3.63) is 60.2 Å². The van der Waals surface area contributed by atoms with E-state index in [-0.39, 0.29) is 36.5 Å². The number of aliphatic carboxylic acids is 1. The predicted octanol–water partition coefficient (Wildman–Crippen LogP) is 1.63. The van der Waals surface area contributed by atoms with Crippen molar-refractivity contribution in [1.29, 1.82) is 0 Å². The average Bonchev–Trinajstić information content (AvgIpc) is 3.22. The summed E-state index contributed by atoms with van der Waals surface area (Å²) in [5.74, 6) is -4.26. The minimum absolute atomic E-state index is 0.0482. The number of rotatable bonds is 9. The Kier molecular flexibility index (Phi) is 6.39. The summed E-state index contributed by atoms with van der Waals surface area (Å²) in [7, 11) is 0. The number of phenolic OH excluding ortho intramolecular Hbond substituents is 1. The molecule has 10 nitrogen and oxygen atoms in total. The molecule has 0 unspecified atom stereocenters. The maximum Gasteiger partial charge on any atom is 0.305 e. The van der Waals surface area contributed by atoms with Gasteiger partial charge in [0.1, 0.15) is 36.1 Å². The van der Waals surface area contributed by atoms with E-state index in [0.717, 1.165) is 24.7 Å². The quantitative estimate of drug-likeness (QED) is 0.369. The Balaban J connectivity index is 2.04. The number of aromatic hydroxyl groups is 1. The lowest BCUT2D eigenvalue weighted by Gasteiger charge is -2.34. The van der Waals surface area contributed by atoms with Gasteiger partial charge in [0.2, 0.25) is 0 Å². The number of nitrogens with one attached hydrogen (secondary N) is 1. The van der Waals surface area contributed by atoms with Gasteiger partial charge in [0.25, 0.3) is 0 Å². The Morgan fingerprint density at radius 1 is 1.26 bits per heavy atom. The van der Waals surface area contributed by atoms with Gasteiger partial charge in [-0.2, -0.15) is 5.10 Å². The molecule has 0 spiro atoms. The van der Waals surface area contributed by atoms with Crippen molar-refractivity contribution in [2.75, 3.05) is 11.9 Å². The highest BCUT2D eigenvalue weighted by atomic mass is 19.1. The zero-order chi connectivity index (χ0) is 22.6. The summed E-state index contributed by atoms with van der Waals surface area (Å²) in [5, 5.41) is 37.2. The molecule has 0 aliphatic heterocycles. The highest BCUT2D eigenvalue weighted by molar-refractivity contribution is 5.68. The van der Waals surface area contributed by atoms with Crippen molar-refractivity contribution in [3.63, 3.8) is 0 Å². The molecule has 0 fully saturated rings. The molecular formula is C19H20F2N6O4. The first-order valence-electron chi connectivity index (χ1n) is 9.21. The predicted molar refractivity (Wildman–Crippen MR) is 103 cm³/mol. The summed E-state index contributed by atoms with van der Waals surface area (Å²) in [6.45, 7) is 1.09. The molecule has 12 heteroatoms. The van der Waals surface area contributed by atoms with Gasteiger partial charge < -0.3 is 20.6 Å². The summed E-state index contributed by atoms with van der Waals surface area (Å²) in [5.41, 5.74) is -2.62. The van der Waals surface area contributed by atoms with Gasteiger partial charge >= 0.3 is 5.97 Å². The summed E-state index contributed by atoms with van der Waals surface area (Å²) in [6, 6.07) is 1.94. The van der Waals surface area contributed by atoms with Gasteiger partial charge in [-0.05, 0) is 6.07 Å². The number of carboxylic acid groups (broad SMARTS) is 1. The zero-order valence-corrected chi connectivity index (χ0v) is 16.4. The molecule has 4 N–H and O–H groups in total. The van der Waals surface area contributed by atoms with Crippen LogP contribution in [-0.2, 0) is 16.9 Å². The van der Waals surface area contributed by atoms with Gasteiger partial charge in [-0.3, -0.25) is 4.79 Å². The molecule has 0 radical (unpaired) electrons. The first-order valence-corrected chi connectivity index (χ1v) is 9.21.